The summed E-state index contributed by atoms with van der Waals surface area (Å²) >= 11 is 0. The molecule has 1 aromatic heterocycles. The van der Waals surface area contributed by atoms with E-state index in [-0.39, 0.29) is 37.2 Å². The molecule has 0 saturated heterocycles. The van der Waals surface area contributed by atoms with Crippen molar-refractivity contribution in [3.63, 3.8) is 0 Å². The molecule has 138 valence electrons. The number of ether oxygens (including phenoxy) is 1. The molecule has 2 amide bonds. The standard InChI is InChI=1S/C16H23N5O3.ClH/c1-24-11-10-17-8-9-18-14(22)6-7-19-16(23)15-12-4-2-3-5-13(12)20-21-15;/h2-5,17H,6-11H2,1H3,(H,18,22)(H,19,23)(H,20,21);1H. The van der Waals surface area contributed by atoms with Crippen molar-refractivity contribution in [2.45, 2.75) is 6.42 Å². The predicted octanol–water partition coefficient (Wildman–Crippen LogP) is 0.457. The quantitative estimate of drug-likeness (QED) is 0.455. The maximum Gasteiger partial charge on any atom is 0.272 e. The summed E-state index contributed by atoms with van der Waals surface area (Å²) in [7, 11) is 1.64. The van der Waals surface area contributed by atoms with Crippen LogP contribution >= 0.6 is 12.4 Å². The molecule has 0 saturated carbocycles. The van der Waals surface area contributed by atoms with Crippen molar-refractivity contribution >= 4 is 35.1 Å². The fraction of sp³-hybridized carbons (Fsp3) is 0.438. The first-order chi connectivity index (χ1) is 11.7. The largest absolute Gasteiger partial charge is 0.383 e. The third kappa shape index (κ3) is 6.69. The first-order valence-electron chi connectivity index (χ1n) is 7.90. The normalized spacial score (nSPS) is 10.3. The summed E-state index contributed by atoms with van der Waals surface area (Å²) in [6.45, 7) is 2.88. The van der Waals surface area contributed by atoms with E-state index in [0.717, 1.165) is 17.4 Å². The Hall–Kier alpha value is -2.16. The number of methoxy groups -OCH3 is 1. The number of nitrogens with zero attached hydrogens (tertiary/aromatic N) is 1. The zero-order chi connectivity index (χ0) is 17.2. The van der Waals surface area contributed by atoms with Crippen molar-refractivity contribution < 1.29 is 14.3 Å². The lowest BCUT2D eigenvalue weighted by atomic mass is 10.2. The molecule has 0 atom stereocenters. The molecule has 0 unspecified atom stereocenters. The number of rotatable bonds is 10. The van der Waals surface area contributed by atoms with Gasteiger partial charge in [-0.15, -0.1) is 12.4 Å². The Morgan fingerprint density at radius 1 is 1.12 bits per heavy atom. The van der Waals surface area contributed by atoms with E-state index in [1.807, 2.05) is 24.3 Å². The van der Waals surface area contributed by atoms with E-state index < -0.39 is 0 Å². The topological polar surface area (TPSA) is 108 Å². The van der Waals surface area contributed by atoms with Gasteiger partial charge in [0.25, 0.3) is 5.91 Å². The Morgan fingerprint density at radius 3 is 2.72 bits per heavy atom. The summed E-state index contributed by atoms with van der Waals surface area (Å²) in [5.41, 5.74) is 1.15. The first kappa shape index (κ1) is 20.9. The predicted molar refractivity (Wildman–Crippen MR) is 98.0 cm³/mol. The van der Waals surface area contributed by atoms with Crippen molar-refractivity contribution in [2.75, 3.05) is 39.9 Å². The number of carbonyl (C=O) groups is 2. The van der Waals surface area contributed by atoms with Gasteiger partial charge in [-0.1, -0.05) is 18.2 Å². The van der Waals surface area contributed by atoms with E-state index in [1.165, 1.54) is 0 Å². The SMILES string of the molecule is COCCNCCNC(=O)CCNC(=O)c1n[nH]c2ccccc12.Cl. The van der Waals surface area contributed by atoms with Gasteiger partial charge in [0.2, 0.25) is 5.91 Å². The fourth-order valence-corrected chi connectivity index (χ4v) is 2.19. The molecule has 0 spiro atoms. The number of fused-ring (bicyclic) bond motifs is 1. The van der Waals surface area contributed by atoms with E-state index in [9.17, 15) is 9.59 Å². The van der Waals surface area contributed by atoms with Crippen LogP contribution in [0.5, 0.6) is 0 Å². The van der Waals surface area contributed by atoms with E-state index >= 15 is 0 Å². The van der Waals surface area contributed by atoms with Crippen LogP contribution < -0.4 is 16.0 Å². The molecule has 0 bridgehead atoms. The van der Waals surface area contributed by atoms with Gasteiger partial charge >= 0.3 is 0 Å². The number of hydrogen-bond donors (Lipinski definition) is 4. The van der Waals surface area contributed by atoms with Crippen molar-refractivity contribution in [2.24, 2.45) is 0 Å². The molecule has 9 heteroatoms. The number of para-hydroxylation sites is 1. The molecule has 2 rings (SSSR count). The Kier molecular flexibility index (Phi) is 9.53. The number of carbonyl (C=O) groups excluding carboxylic acids is 2. The molecule has 0 radical (unpaired) electrons. The number of aromatic amines is 1. The molecule has 1 aromatic carbocycles. The second-order valence-electron chi connectivity index (χ2n) is 5.22. The minimum Gasteiger partial charge on any atom is -0.383 e. The van der Waals surface area contributed by atoms with Crippen LogP contribution in [0.3, 0.4) is 0 Å². The average molecular weight is 370 g/mol. The highest BCUT2D eigenvalue weighted by Crippen LogP contribution is 2.14. The highest BCUT2D eigenvalue weighted by atomic mass is 35.5. The third-order valence-electron chi connectivity index (χ3n) is 3.43. The zero-order valence-electron chi connectivity index (χ0n) is 14.1. The Labute approximate surface area is 152 Å². The van der Waals surface area contributed by atoms with Crippen molar-refractivity contribution in [1.82, 2.24) is 26.1 Å². The van der Waals surface area contributed by atoms with Crippen LogP contribution in [0.2, 0.25) is 0 Å². The first-order valence-corrected chi connectivity index (χ1v) is 7.90. The monoisotopic (exact) mass is 369 g/mol. The van der Waals surface area contributed by atoms with E-state index in [4.69, 9.17) is 4.74 Å². The van der Waals surface area contributed by atoms with E-state index in [1.54, 1.807) is 7.11 Å². The lowest BCUT2D eigenvalue weighted by Gasteiger charge is -2.07. The average Bonchev–Trinajstić information content (AvgIpc) is 3.02. The van der Waals surface area contributed by atoms with E-state index in [0.29, 0.717) is 25.4 Å². The van der Waals surface area contributed by atoms with Gasteiger partial charge in [-0.25, -0.2) is 0 Å². The van der Waals surface area contributed by atoms with Crippen molar-refractivity contribution in [3.8, 4) is 0 Å². The molecule has 2 aromatic rings. The molecule has 1 heterocycles. The molecule has 0 fully saturated rings. The van der Waals surface area contributed by atoms with Crippen molar-refractivity contribution in [3.05, 3.63) is 30.0 Å². The minimum atomic E-state index is -0.290. The maximum atomic E-state index is 12.1. The van der Waals surface area contributed by atoms with Gasteiger partial charge in [-0.3, -0.25) is 14.7 Å². The Morgan fingerprint density at radius 2 is 1.92 bits per heavy atom. The third-order valence-corrected chi connectivity index (χ3v) is 3.43. The number of H-pyrrole nitrogens is 1. The van der Waals surface area contributed by atoms with Gasteiger partial charge in [0.15, 0.2) is 5.69 Å². The molecule has 4 N–H and O–H groups in total. The lowest BCUT2D eigenvalue weighted by molar-refractivity contribution is -0.120. The van der Waals surface area contributed by atoms with Crippen LogP contribution in [-0.2, 0) is 9.53 Å². The molecule has 0 aliphatic rings. The van der Waals surface area contributed by atoms with Crippen LogP contribution in [0, 0.1) is 0 Å². The molecule has 25 heavy (non-hydrogen) atoms. The Bertz CT molecular complexity index is 677. The summed E-state index contributed by atoms with van der Waals surface area (Å²) in [6.07, 6.45) is 0.228. The van der Waals surface area contributed by atoms with Crippen molar-refractivity contribution in [1.29, 1.82) is 0 Å². The van der Waals surface area contributed by atoms with Gasteiger partial charge < -0.3 is 20.7 Å². The molecular weight excluding hydrogens is 346 g/mol. The van der Waals surface area contributed by atoms with Gasteiger partial charge in [-0.05, 0) is 6.07 Å². The van der Waals surface area contributed by atoms with Gasteiger partial charge in [-0.2, -0.15) is 5.10 Å². The minimum absolute atomic E-state index is 0. The number of halogens is 1. The van der Waals surface area contributed by atoms with Crippen LogP contribution in [0.1, 0.15) is 16.9 Å². The number of hydrogen-bond acceptors (Lipinski definition) is 5. The summed E-state index contributed by atoms with van der Waals surface area (Å²) in [5, 5.41) is 16.2. The maximum absolute atomic E-state index is 12.1. The second-order valence-corrected chi connectivity index (χ2v) is 5.22. The molecule has 8 nitrogen and oxygen atoms in total. The van der Waals surface area contributed by atoms with Crippen LogP contribution in [0.4, 0.5) is 0 Å². The van der Waals surface area contributed by atoms with Crippen LogP contribution in [0.25, 0.3) is 10.9 Å². The Balaban J connectivity index is 0.00000312. The second kappa shape index (κ2) is 11.4. The number of amides is 2. The van der Waals surface area contributed by atoms with E-state index in [2.05, 4.69) is 26.1 Å². The zero-order valence-corrected chi connectivity index (χ0v) is 14.9. The molecule has 0 aliphatic heterocycles. The van der Waals surface area contributed by atoms with Crippen LogP contribution in [-0.4, -0.2) is 61.9 Å². The summed E-state index contributed by atoms with van der Waals surface area (Å²) in [6, 6.07) is 7.41. The number of aromatic nitrogens is 2. The summed E-state index contributed by atoms with van der Waals surface area (Å²) in [4.78, 5) is 23.8. The van der Waals surface area contributed by atoms with Gasteiger partial charge in [0.1, 0.15) is 0 Å². The number of nitrogens with one attached hydrogen (secondary N) is 4. The smallest absolute Gasteiger partial charge is 0.272 e. The lowest BCUT2D eigenvalue weighted by Crippen LogP contribution is -2.35. The summed E-state index contributed by atoms with van der Waals surface area (Å²) < 4.78 is 4.91. The number of benzene rings is 1. The fourth-order valence-electron chi connectivity index (χ4n) is 2.19. The van der Waals surface area contributed by atoms with Crippen LogP contribution in [0.15, 0.2) is 24.3 Å². The van der Waals surface area contributed by atoms with Gasteiger partial charge in [0, 0.05) is 45.1 Å². The summed E-state index contributed by atoms with van der Waals surface area (Å²) in [5.74, 6) is -0.391. The highest BCUT2D eigenvalue weighted by Gasteiger charge is 2.13. The highest BCUT2D eigenvalue weighted by molar-refractivity contribution is 6.04. The molecular formula is C16H24ClN5O3. The molecule has 0 aliphatic carbocycles. The van der Waals surface area contributed by atoms with Gasteiger partial charge in [0.05, 0.1) is 12.1 Å².